The Morgan fingerprint density at radius 2 is 1.68 bits per heavy atom. The average molecular weight is 284 g/mol. The van der Waals surface area contributed by atoms with Crippen LogP contribution in [0.2, 0.25) is 0 Å². The maximum absolute atomic E-state index is 4.76. The molecule has 0 radical (unpaired) electrons. The second-order valence-corrected chi connectivity index (χ2v) is 5.68. The van der Waals surface area contributed by atoms with Crippen molar-refractivity contribution in [1.29, 1.82) is 0 Å². The van der Waals surface area contributed by atoms with Gasteiger partial charge in [0.15, 0.2) is 0 Å². The van der Waals surface area contributed by atoms with Gasteiger partial charge in [-0.1, -0.05) is 42.5 Å². The van der Waals surface area contributed by atoms with Crippen LogP contribution in [0, 0.1) is 6.92 Å². The van der Waals surface area contributed by atoms with Crippen LogP contribution in [-0.4, -0.2) is 9.97 Å². The van der Waals surface area contributed by atoms with Gasteiger partial charge in [0.05, 0.1) is 5.52 Å². The van der Waals surface area contributed by atoms with Crippen LogP contribution in [0.25, 0.3) is 21.7 Å². The van der Waals surface area contributed by atoms with Crippen LogP contribution < -0.4 is 0 Å². The first kappa shape index (κ1) is 13.0. The Morgan fingerprint density at radius 1 is 0.818 bits per heavy atom. The lowest BCUT2D eigenvalue weighted by Crippen LogP contribution is -1.93. The first-order chi connectivity index (χ1) is 10.8. The summed E-state index contributed by atoms with van der Waals surface area (Å²) in [5.74, 6) is 0. The molecule has 0 N–H and O–H groups in total. The Balaban J connectivity index is 1.72. The average Bonchev–Trinajstić information content (AvgIpc) is 2.54. The minimum Gasteiger partial charge on any atom is -0.261 e. The SMILES string of the molecule is Cc1cc2cc(Cc3ccc4ccccc4n3)ccc2cn1. The second kappa shape index (κ2) is 5.23. The largest absolute Gasteiger partial charge is 0.261 e. The summed E-state index contributed by atoms with van der Waals surface area (Å²) in [6.45, 7) is 2.02. The van der Waals surface area contributed by atoms with Crippen LogP contribution in [0.5, 0.6) is 0 Å². The molecule has 0 spiro atoms. The van der Waals surface area contributed by atoms with E-state index < -0.39 is 0 Å². The Hall–Kier alpha value is -2.74. The molecule has 2 nitrogen and oxygen atoms in total. The highest BCUT2D eigenvalue weighted by Crippen LogP contribution is 2.19. The number of aromatic nitrogens is 2. The van der Waals surface area contributed by atoms with Gasteiger partial charge in [0.2, 0.25) is 0 Å². The molecule has 0 saturated carbocycles. The van der Waals surface area contributed by atoms with E-state index in [4.69, 9.17) is 4.98 Å². The lowest BCUT2D eigenvalue weighted by atomic mass is 10.0. The van der Waals surface area contributed by atoms with Crippen molar-refractivity contribution in [1.82, 2.24) is 9.97 Å². The van der Waals surface area contributed by atoms with Crippen LogP contribution in [0.15, 0.2) is 66.9 Å². The van der Waals surface area contributed by atoms with Crippen molar-refractivity contribution in [2.75, 3.05) is 0 Å². The van der Waals surface area contributed by atoms with Crippen molar-refractivity contribution < 1.29 is 0 Å². The van der Waals surface area contributed by atoms with E-state index in [1.54, 1.807) is 0 Å². The molecule has 22 heavy (non-hydrogen) atoms. The van der Waals surface area contributed by atoms with E-state index in [1.807, 2.05) is 25.3 Å². The quantitative estimate of drug-likeness (QED) is 0.534. The van der Waals surface area contributed by atoms with E-state index in [9.17, 15) is 0 Å². The molecule has 2 heteroatoms. The minimum absolute atomic E-state index is 0.849. The van der Waals surface area contributed by atoms with E-state index in [2.05, 4.69) is 53.5 Å². The van der Waals surface area contributed by atoms with Crippen molar-refractivity contribution in [3.63, 3.8) is 0 Å². The highest BCUT2D eigenvalue weighted by atomic mass is 14.7. The van der Waals surface area contributed by atoms with Gasteiger partial charge in [0.1, 0.15) is 0 Å². The lowest BCUT2D eigenvalue weighted by Gasteiger charge is -2.06. The predicted molar refractivity (Wildman–Crippen MR) is 91.0 cm³/mol. The van der Waals surface area contributed by atoms with Gasteiger partial charge in [-0.05, 0) is 36.1 Å². The summed E-state index contributed by atoms with van der Waals surface area (Å²) in [6.07, 6.45) is 2.78. The molecule has 0 bridgehead atoms. The Kier molecular flexibility index (Phi) is 3.08. The van der Waals surface area contributed by atoms with Gasteiger partial charge in [-0.2, -0.15) is 0 Å². The minimum atomic E-state index is 0.849. The number of pyridine rings is 2. The Morgan fingerprint density at radius 3 is 2.64 bits per heavy atom. The fourth-order valence-electron chi connectivity index (χ4n) is 2.83. The number of aryl methyl sites for hydroxylation is 1. The van der Waals surface area contributed by atoms with Crippen molar-refractivity contribution in [2.45, 2.75) is 13.3 Å². The van der Waals surface area contributed by atoms with E-state index in [0.29, 0.717) is 0 Å². The number of para-hydroxylation sites is 1. The first-order valence-corrected chi connectivity index (χ1v) is 7.48. The Bertz CT molecular complexity index is 973. The molecule has 2 aromatic heterocycles. The summed E-state index contributed by atoms with van der Waals surface area (Å²) in [7, 11) is 0. The molecule has 0 aliphatic rings. The fraction of sp³-hybridized carbons (Fsp3) is 0.100. The van der Waals surface area contributed by atoms with Gasteiger partial charge in [-0.25, -0.2) is 0 Å². The van der Waals surface area contributed by atoms with E-state index in [-0.39, 0.29) is 0 Å². The van der Waals surface area contributed by atoms with Gasteiger partial charge < -0.3 is 0 Å². The number of benzene rings is 2. The number of rotatable bonds is 2. The molecule has 0 unspecified atom stereocenters. The van der Waals surface area contributed by atoms with Gasteiger partial charge >= 0.3 is 0 Å². The molecule has 2 aromatic carbocycles. The third-order valence-corrected chi connectivity index (χ3v) is 3.96. The molecule has 2 heterocycles. The number of hydrogen-bond donors (Lipinski definition) is 0. The van der Waals surface area contributed by atoms with Gasteiger partial charge in [-0.3, -0.25) is 9.97 Å². The maximum Gasteiger partial charge on any atom is 0.0705 e. The molecule has 0 amide bonds. The van der Waals surface area contributed by atoms with Gasteiger partial charge in [0, 0.05) is 34.8 Å². The van der Waals surface area contributed by atoms with Crippen LogP contribution in [0.1, 0.15) is 17.0 Å². The monoisotopic (exact) mass is 284 g/mol. The van der Waals surface area contributed by atoms with Crippen molar-refractivity contribution >= 4 is 21.7 Å². The Labute approximate surface area is 129 Å². The zero-order valence-electron chi connectivity index (χ0n) is 12.5. The summed E-state index contributed by atoms with van der Waals surface area (Å²) in [5.41, 5.74) is 4.49. The van der Waals surface area contributed by atoms with Crippen molar-refractivity contribution in [3.05, 3.63) is 83.8 Å². The molecule has 0 atom stereocenters. The standard InChI is InChI=1S/C20H16N2/c1-14-10-18-11-15(6-7-17(18)13-21-14)12-19-9-8-16-4-2-3-5-20(16)22-19/h2-11,13H,12H2,1H3. The molecule has 4 rings (SSSR count). The van der Waals surface area contributed by atoms with E-state index in [0.717, 1.165) is 23.3 Å². The molecule has 0 saturated heterocycles. The molecule has 0 fully saturated rings. The summed E-state index contributed by atoms with van der Waals surface area (Å²) >= 11 is 0. The highest BCUT2D eigenvalue weighted by molar-refractivity contribution is 5.83. The number of hydrogen-bond acceptors (Lipinski definition) is 2. The first-order valence-electron chi connectivity index (χ1n) is 7.48. The zero-order chi connectivity index (χ0) is 14.9. The summed E-state index contributed by atoms with van der Waals surface area (Å²) in [4.78, 5) is 9.10. The topological polar surface area (TPSA) is 25.8 Å². The predicted octanol–water partition coefficient (Wildman–Crippen LogP) is 4.68. The lowest BCUT2D eigenvalue weighted by molar-refractivity contribution is 1.10. The summed E-state index contributed by atoms with van der Waals surface area (Å²) < 4.78 is 0. The third-order valence-electron chi connectivity index (χ3n) is 3.96. The van der Waals surface area contributed by atoms with Gasteiger partial charge in [0.25, 0.3) is 0 Å². The third kappa shape index (κ3) is 2.44. The molecule has 4 aromatic rings. The van der Waals surface area contributed by atoms with E-state index in [1.165, 1.54) is 21.7 Å². The molecule has 106 valence electrons. The molecule has 0 aliphatic carbocycles. The summed E-state index contributed by atoms with van der Waals surface area (Å²) in [5, 5.41) is 3.61. The van der Waals surface area contributed by atoms with Crippen LogP contribution >= 0.6 is 0 Å². The van der Waals surface area contributed by atoms with Crippen LogP contribution in [0.4, 0.5) is 0 Å². The number of nitrogens with zero attached hydrogens (tertiary/aromatic N) is 2. The maximum atomic E-state index is 4.76. The molecular formula is C20H16N2. The van der Waals surface area contributed by atoms with Gasteiger partial charge in [-0.15, -0.1) is 0 Å². The van der Waals surface area contributed by atoms with E-state index >= 15 is 0 Å². The normalized spacial score (nSPS) is 11.1. The van der Waals surface area contributed by atoms with Crippen LogP contribution in [-0.2, 0) is 6.42 Å². The molecule has 0 aliphatic heterocycles. The summed E-state index contributed by atoms with van der Waals surface area (Å²) in [6, 6.07) is 21.2. The smallest absolute Gasteiger partial charge is 0.0705 e. The second-order valence-electron chi connectivity index (χ2n) is 5.68. The highest BCUT2D eigenvalue weighted by Gasteiger charge is 2.02. The number of fused-ring (bicyclic) bond motifs is 2. The fourth-order valence-corrected chi connectivity index (χ4v) is 2.83. The molecular weight excluding hydrogens is 268 g/mol. The van der Waals surface area contributed by atoms with Crippen molar-refractivity contribution in [3.8, 4) is 0 Å². The zero-order valence-corrected chi connectivity index (χ0v) is 12.5. The van der Waals surface area contributed by atoms with Crippen LogP contribution in [0.3, 0.4) is 0 Å². The van der Waals surface area contributed by atoms with Crippen molar-refractivity contribution in [2.24, 2.45) is 0 Å².